The molecule has 0 N–H and O–H groups in total. The maximum absolute atomic E-state index is 15.6. The van der Waals surface area contributed by atoms with E-state index in [0.29, 0.717) is 22.6 Å². The smallest absolute Gasteiger partial charge is 0.411 e. The lowest BCUT2D eigenvalue weighted by molar-refractivity contribution is -0.145. The lowest BCUT2D eigenvalue weighted by atomic mass is 9.92. The molecule has 1 aliphatic carbocycles. The Morgan fingerprint density at radius 1 is 1.05 bits per heavy atom. The number of carbonyl (C=O) groups excluding carboxylic acids is 2. The molecule has 1 amide bonds. The Balaban J connectivity index is 1.25. The summed E-state index contributed by atoms with van der Waals surface area (Å²) in [5, 5.41) is 0.562. The third-order valence-electron chi connectivity index (χ3n) is 7.92. The van der Waals surface area contributed by atoms with Gasteiger partial charge in [-0.05, 0) is 75.4 Å². The minimum absolute atomic E-state index is 0.0526. The maximum atomic E-state index is 15.6. The number of fused-ring (bicyclic) bond motifs is 1. The van der Waals surface area contributed by atoms with Gasteiger partial charge in [-0.2, -0.15) is 0 Å². The standard InChI is InChI=1S/C32H32FN3O4S/c1-31(2,3)40-30(38)36-18-20(17-25(36)29(37)39-4)19-10-11-22(23(33)16-19)27-34-24-12-13-26(35-28(24)41-27)32(14-15-32)21-8-6-5-7-9-21/h5-13,16,20,25H,14-15,17-18H2,1-4H3. The van der Waals surface area contributed by atoms with Gasteiger partial charge >= 0.3 is 12.1 Å². The Morgan fingerprint density at radius 2 is 1.80 bits per heavy atom. The summed E-state index contributed by atoms with van der Waals surface area (Å²) in [4.78, 5) is 37.1. The van der Waals surface area contributed by atoms with Crippen LogP contribution < -0.4 is 0 Å². The number of hydrogen-bond acceptors (Lipinski definition) is 7. The van der Waals surface area contributed by atoms with Gasteiger partial charge in [0, 0.05) is 23.4 Å². The molecule has 0 radical (unpaired) electrons. The molecule has 2 fully saturated rings. The van der Waals surface area contributed by atoms with Gasteiger partial charge in [0.2, 0.25) is 0 Å². The van der Waals surface area contributed by atoms with Crippen LogP contribution >= 0.6 is 11.3 Å². The van der Waals surface area contributed by atoms with E-state index in [2.05, 4.69) is 29.2 Å². The van der Waals surface area contributed by atoms with E-state index in [1.807, 2.05) is 24.3 Å². The zero-order chi connectivity index (χ0) is 28.9. The van der Waals surface area contributed by atoms with Crippen LogP contribution in [-0.2, 0) is 19.7 Å². The number of hydrogen-bond donors (Lipinski definition) is 0. The highest BCUT2D eigenvalue weighted by atomic mass is 32.1. The monoisotopic (exact) mass is 573 g/mol. The quantitative estimate of drug-likeness (QED) is 0.243. The number of ether oxygens (including phenoxy) is 2. The topological polar surface area (TPSA) is 81.6 Å². The molecule has 2 atom stereocenters. The Kier molecular flexibility index (Phi) is 6.80. The second-order valence-electron chi connectivity index (χ2n) is 11.8. The van der Waals surface area contributed by atoms with Crippen molar-refractivity contribution in [1.82, 2.24) is 14.9 Å². The lowest BCUT2D eigenvalue weighted by Gasteiger charge is -2.27. The molecule has 9 heteroatoms. The molecule has 7 nitrogen and oxygen atoms in total. The highest BCUT2D eigenvalue weighted by Crippen LogP contribution is 2.53. The fraction of sp³-hybridized carbons (Fsp3) is 0.375. The van der Waals surface area contributed by atoms with Gasteiger partial charge in [-0.25, -0.2) is 23.9 Å². The first-order valence-corrected chi connectivity index (χ1v) is 14.6. The van der Waals surface area contributed by atoms with Crippen LogP contribution in [0, 0.1) is 5.82 Å². The van der Waals surface area contributed by atoms with Crippen molar-refractivity contribution in [2.75, 3.05) is 13.7 Å². The van der Waals surface area contributed by atoms with Gasteiger partial charge in [0.15, 0.2) is 0 Å². The van der Waals surface area contributed by atoms with Gasteiger partial charge in [0.25, 0.3) is 0 Å². The molecule has 2 aliphatic rings. The number of likely N-dealkylation sites (tertiary alicyclic amines) is 1. The molecule has 0 bridgehead atoms. The third kappa shape index (κ3) is 5.19. The summed E-state index contributed by atoms with van der Waals surface area (Å²) >= 11 is 1.38. The van der Waals surface area contributed by atoms with Crippen LogP contribution in [0.3, 0.4) is 0 Å². The second-order valence-corrected chi connectivity index (χ2v) is 12.8. The van der Waals surface area contributed by atoms with Crippen LogP contribution in [0.25, 0.3) is 20.9 Å². The molecule has 4 aromatic rings. The average Bonchev–Trinajstić information content (AvgIpc) is 3.45. The van der Waals surface area contributed by atoms with E-state index in [4.69, 9.17) is 14.5 Å². The van der Waals surface area contributed by atoms with E-state index in [1.165, 1.54) is 35.0 Å². The van der Waals surface area contributed by atoms with E-state index in [9.17, 15) is 9.59 Å². The van der Waals surface area contributed by atoms with Crippen LogP contribution in [-0.4, -0.2) is 52.2 Å². The Bertz CT molecular complexity index is 1630. The molecule has 2 aromatic heterocycles. The maximum Gasteiger partial charge on any atom is 0.411 e. The second kappa shape index (κ2) is 10.2. The zero-order valence-corrected chi connectivity index (χ0v) is 24.3. The van der Waals surface area contributed by atoms with E-state index in [0.717, 1.165) is 28.9 Å². The first-order valence-electron chi connectivity index (χ1n) is 13.8. The van der Waals surface area contributed by atoms with Gasteiger partial charge < -0.3 is 9.47 Å². The third-order valence-corrected chi connectivity index (χ3v) is 8.92. The van der Waals surface area contributed by atoms with Crippen molar-refractivity contribution in [3.8, 4) is 10.6 Å². The first kappa shape index (κ1) is 27.3. The van der Waals surface area contributed by atoms with Crippen molar-refractivity contribution in [1.29, 1.82) is 0 Å². The van der Waals surface area contributed by atoms with Crippen LogP contribution in [0.1, 0.15) is 62.8 Å². The molecule has 0 spiro atoms. The molecular formula is C32H32FN3O4S. The summed E-state index contributed by atoms with van der Waals surface area (Å²) in [5.41, 5.74) is 3.37. The van der Waals surface area contributed by atoms with Gasteiger partial charge in [-0.15, -0.1) is 0 Å². The van der Waals surface area contributed by atoms with Crippen LogP contribution in [0.5, 0.6) is 0 Å². The molecule has 3 heterocycles. The number of halogens is 1. The predicted octanol–water partition coefficient (Wildman–Crippen LogP) is 6.84. The van der Waals surface area contributed by atoms with E-state index in [1.54, 1.807) is 26.8 Å². The average molecular weight is 574 g/mol. The first-order chi connectivity index (χ1) is 19.6. The number of nitrogens with zero attached hydrogens (tertiary/aromatic N) is 3. The van der Waals surface area contributed by atoms with Crippen molar-refractivity contribution in [2.45, 2.75) is 63.0 Å². The Hall–Kier alpha value is -3.85. The number of methoxy groups -OCH3 is 1. The molecule has 2 unspecified atom stereocenters. The molecule has 6 rings (SSSR count). The van der Waals surface area contributed by atoms with Crippen molar-refractivity contribution in [3.63, 3.8) is 0 Å². The molecule has 1 saturated carbocycles. The summed E-state index contributed by atoms with van der Waals surface area (Å²) in [6.07, 6.45) is 1.84. The van der Waals surface area contributed by atoms with Crippen LogP contribution in [0.2, 0.25) is 0 Å². The summed E-state index contributed by atoms with van der Waals surface area (Å²) < 4.78 is 26.0. The van der Waals surface area contributed by atoms with E-state index in [-0.39, 0.29) is 17.9 Å². The van der Waals surface area contributed by atoms with Crippen molar-refractivity contribution in [3.05, 3.63) is 83.3 Å². The minimum atomic E-state index is -0.794. The normalized spacial score (nSPS) is 19.8. The molecular weight excluding hydrogens is 541 g/mol. The fourth-order valence-corrected chi connectivity index (χ4v) is 6.66. The van der Waals surface area contributed by atoms with E-state index >= 15 is 4.39 Å². The number of pyridine rings is 1. The van der Waals surface area contributed by atoms with Crippen molar-refractivity contribution < 1.29 is 23.5 Å². The predicted molar refractivity (Wildman–Crippen MR) is 155 cm³/mol. The number of amides is 1. The molecule has 1 aliphatic heterocycles. The van der Waals surface area contributed by atoms with Crippen molar-refractivity contribution in [2.24, 2.45) is 0 Å². The highest BCUT2D eigenvalue weighted by molar-refractivity contribution is 7.21. The number of aromatic nitrogens is 2. The molecule has 2 aromatic carbocycles. The van der Waals surface area contributed by atoms with Gasteiger partial charge in [-0.3, -0.25) is 4.90 Å². The number of carbonyl (C=O) groups is 2. The van der Waals surface area contributed by atoms with Crippen molar-refractivity contribution >= 4 is 33.7 Å². The van der Waals surface area contributed by atoms with Gasteiger partial charge in [-0.1, -0.05) is 47.7 Å². The zero-order valence-electron chi connectivity index (χ0n) is 23.5. The fourth-order valence-electron chi connectivity index (χ4n) is 5.69. The highest BCUT2D eigenvalue weighted by Gasteiger charge is 2.47. The van der Waals surface area contributed by atoms with Crippen LogP contribution in [0.15, 0.2) is 60.7 Å². The molecule has 212 valence electrons. The van der Waals surface area contributed by atoms with Gasteiger partial charge in [0.1, 0.15) is 32.8 Å². The summed E-state index contributed by atoms with van der Waals surface area (Å²) in [6, 6.07) is 18.7. The number of thiazole rings is 1. The summed E-state index contributed by atoms with van der Waals surface area (Å²) in [7, 11) is 1.29. The number of esters is 1. The lowest BCUT2D eigenvalue weighted by Crippen LogP contribution is -2.43. The molecule has 1 saturated heterocycles. The minimum Gasteiger partial charge on any atom is -0.467 e. The Labute approximate surface area is 242 Å². The largest absolute Gasteiger partial charge is 0.467 e. The number of benzene rings is 2. The number of rotatable bonds is 5. The van der Waals surface area contributed by atoms with Crippen LogP contribution in [0.4, 0.5) is 9.18 Å². The SMILES string of the molecule is COC(=O)C1CC(c2ccc(-c3nc4ccc(C5(c6ccccc6)CC5)nc4s3)c(F)c2)CN1C(=O)OC(C)(C)C. The Morgan fingerprint density at radius 3 is 2.46 bits per heavy atom. The summed E-state index contributed by atoms with van der Waals surface area (Å²) in [6.45, 7) is 5.53. The molecule has 41 heavy (non-hydrogen) atoms. The van der Waals surface area contributed by atoms with Gasteiger partial charge in [0.05, 0.1) is 12.8 Å². The summed E-state index contributed by atoms with van der Waals surface area (Å²) in [5.74, 6) is -1.17. The van der Waals surface area contributed by atoms with E-state index < -0.39 is 29.5 Å².